The number of hydrogen-bond donors (Lipinski definition) is 1. The standard InChI is InChI=1S/C15H23NO2/c1-12(2)16-10-13-6-3-4-8-15(13)18-11-14-7-5-9-17-14/h3-4,6,8,12,14,16H,5,7,9-11H2,1-2H3. The first-order valence-corrected chi connectivity index (χ1v) is 6.81. The Hall–Kier alpha value is -1.06. The molecule has 0 spiro atoms. The second kappa shape index (κ2) is 6.76. The predicted octanol–water partition coefficient (Wildman–Crippen LogP) is 2.74. The quantitative estimate of drug-likeness (QED) is 0.841. The number of ether oxygens (including phenoxy) is 2. The second-order valence-corrected chi connectivity index (χ2v) is 5.09. The lowest BCUT2D eigenvalue weighted by Crippen LogP contribution is -2.23. The van der Waals surface area contributed by atoms with Gasteiger partial charge in [-0.3, -0.25) is 0 Å². The highest BCUT2D eigenvalue weighted by Gasteiger charge is 2.16. The smallest absolute Gasteiger partial charge is 0.123 e. The molecule has 0 saturated carbocycles. The molecule has 0 aliphatic carbocycles. The number of nitrogens with one attached hydrogen (secondary N) is 1. The zero-order chi connectivity index (χ0) is 12.8. The first-order chi connectivity index (χ1) is 8.75. The van der Waals surface area contributed by atoms with Gasteiger partial charge < -0.3 is 14.8 Å². The summed E-state index contributed by atoms with van der Waals surface area (Å²) >= 11 is 0. The van der Waals surface area contributed by atoms with E-state index in [1.807, 2.05) is 12.1 Å². The average Bonchev–Trinajstić information content (AvgIpc) is 2.88. The van der Waals surface area contributed by atoms with Gasteiger partial charge >= 0.3 is 0 Å². The Morgan fingerprint density at radius 3 is 2.94 bits per heavy atom. The van der Waals surface area contributed by atoms with Gasteiger partial charge in [0.1, 0.15) is 12.4 Å². The molecule has 1 aliphatic rings. The van der Waals surface area contributed by atoms with Crippen molar-refractivity contribution in [3.05, 3.63) is 29.8 Å². The molecule has 1 aromatic carbocycles. The van der Waals surface area contributed by atoms with Gasteiger partial charge in [0.05, 0.1) is 6.10 Å². The number of hydrogen-bond acceptors (Lipinski definition) is 3. The molecule has 1 aliphatic heterocycles. The molecule has 1 heterocycles. The maximum Gasteiger partial charge on any atom is 0.123 e. The molecule has 0 bridgehead atoms. The average molecular weight is 249 g/mol. The van der Waals surface area contributed by atoms with Crippen LogP contribution in [0.1, 0.15) is 32.3 Å². The van der Waals surface area contributed by atoms with Crippen LogP contribution >= 0.6 is 0 Å². The van der Waals surface area contributed by atoms with Crippen molar-refractivity contribution in [2.75, 3.05) is 13.2 Å². The van der Waals surface area contributed by atoms with Crippen molar-refractivity contribution in [1.82, 2.24) is 5.32 Å². The van der Waals surface area contributed by atoms with Gasteiger partial charge in [-0.1, -0.05) is 32.0 Å². The van der Waals surface area contributed by atoms with Gasteiger partial charge in [-0.25, -0.2) is 0 Å². The molecule has 1 fully saturated rings. The van der Waals surface area contributed by atoms with Gasteiger partial charge in [0.25, 0.3) is 0 Å². The summed E-state index contributed by atoms with van der Waals surface area (Å²) in [5, 5.41) is 3.42. The number of benzene rings is 1. The second-order valence-electron chi connectivity index (χ2n) is 5.09. The fourth-order valence-corrected chi connectivity index (χ4v) is 2.06. The lowest BCUT2D eigenvalue weighted by Gasteiger charge is -2.15. The number of para-hydroxylation sites is 1. The summed E-state index contributed by atoms with van der Waals surface area (Å²) < 4.78 is 11.5. The van der Waals surface area contributed by atoms with E-state index in [0.717, 1.165) is 31.7 Å². The van der Waals surface area contributed by atoms with Crippen LogP contribution in [-0.2, 0) is 11.3 Å². The van der Waals surface area contributed by atoms with E-state index in [2.05, 4.69) is 31.3 Å². The van der Waals surface area contributed by atoms with Gasteiger partial charge in [0.2, 0.25) is 0 Å². The van der Waals surface area contributed by atoms with Gasteiger partial charge in [-0.15, -0.1) is 0 Å². The van der Waals surface area contributed by atoms with Crippen molar-refractivity contribution in [2.45, 2.75) is 45.4 Å². The number of rotatable bonds is 6. The third-order valence-corrected chi connectivity index (χ3v) is 3.12. The van der Waals surface area contributed by atoms with Crippen molar-refractivity contribution in [3.63, 3.8) is 0 Å². The van der Waals surface area contributed by atoms with E-state index < -0.39 is 0 Å². The Bertz CT molecular complexity index is 359. The molecule has 0 aromatic heterocycles. The third kappa shape index (κ3) is 4.00. The van der Waals surface area contributed by atoms with E-state index in [1.54, 1.807) is 0 Å². The summed E-state index contributed by atoms with van der Waals surface area (Å²) in [5.74, 6) is 0.973. The van der Waals surface area contributed by atoms with Crippen LogP contribution in [0.15, 0.2) is 24.3 Å². The zero-order valence-electron chi connectivity index (χ0n) is 11.3. The van der Waals surface area contributed by atoms with Crippen LogP contribution in [0, 0.1) is 0 Å². The molecule has 1 saturated heterocycles. The van der Waals surface area contributed by atoms with Crippen molar-refractivity contribution >= 4 is 0 Å². The van der Waals surface area contributed by atoms with E-state index in [0.29, 0.717) is 12.6 Å². The van der Waals surface area contributed by atoms with E-state index in [9.17, 15) is 0 Å². The SMILES string of the molecule is CC(C)NCc1ccccc1OCC1CCCO1. The monoisotopic (exact) mass is 249 g/mol. The highest BCUT2D eigenvalue weighted by molar-refractivity contribution is 5.33. The van der Waals surface area contributed by atoms with Crippen molar-refractivity contribution in [2.24, 2.45) is 0 Å². The van der Waals surface area contributed by atoms with Crippen LogP contribution in [0.4, 0.5) is 0 Å². The van der Waals surface area contributed by atoms with Crippen LogP contribution in [0.25, 0.3) is 0 Å². The van der Waals surface area contributed by atoms with Crippen LogP contribution in [0.3, 0.4) is 0 Å². The molecule has 100 valence electrons. The molecular formula is C15H23NO2. The fourth-order valence-electron chi connectivity index (χ4n) is 2.06. The van der Waals surface area contributed by atoms with Crippen molar-refractivity contribution < 1.29 is 9.47 Å². The molecule has 18 heavy (non-hydrogen) atoms. The van der Waals surface area contributed by atoms with Crippen molar-refractivity contribution in [3.8, 4) is 5.75 Å². The first-order valence-electron chi connectivity index (χ1n) is 6.81. The lowest BCUT2D eigenvalue weighted by molar-refractivity contribution is 0.0676. The highest BCUT2D eigenvalue weighted by Crippen LogP contribution is 2.20. The maximum absolute atomic E-state index is 5.89. The summed E-state index contributed by atoms with van der Waals surface area (Å²) in [6.07, 6.45) is 2.55. The summed E-state index contributed by atoms with van der Waals surface area (Å²) in [6.45, 7) is 6.69. The Morgan fingerprint density at radius 1 is 1.39 bits per heavy atom. The van der Waals surface area contributed by atoms with Gasteiger partial charge in [-0.2, -0.15) is 0 Å². The zero-order valence-corrected chi connectivity index (χ0v) is 11.3. The van der Waals surface area contributed by atoms with Gasteiger partial charge in [-0.05, 0) is 18.9 Å². The molecule has 3 nitrogen and oxygen atoms in total. The van der Waals surface area contributed by atoms with E-state index >= 15 is 0 Å². The molecule has 0 amide bonds. The van der Waals surface area contributed by atoms with Crippen LogP contribution in [-0.4, -0.2) is 25.4 Å². The van der Waals surface area contributed by atoms with E-state index in [1.165, 1.54) is 5.56 Å². The minimum absolute atomic E-state index is 0.274. The van der Waals surface area contributed by atoms with Crippen LogP contribution in [0.2, 0.25) is 0 Å². The predicted molar refractivity (Wildman–Crippen MR) is 72.9 cm³/mol. The Labute approximate surface area is 109 Å². The molecule has 1 N–H and O–H groups in total. The summed E-state index contributed by atoms with van der Waals surface area (Å²) in [6, 6.07) is 8.70. The van der Waals surface area contributed by atoms with Crippen LogP contribution < -0.4 is 10.1 Å². The Balaban J connectivity index is 1.89. The van der Waals surface area contributed by atoms with Gasteiger partial charge in [0.15, 0.2) is 0 Å². The topological polar surface area (TPSA) is 30.5 Å². The normalized spacial score (nSPS) is 19.4. The molecule has 1 unspecified atom stereocenters. The summed E-state index contributed by atoms with van der Waals surface area (Å²) in [7, 11) is 0. The molecular weight excluding hydrogens is 226 g/mol. The lowest BCUT2D eigenvalue weighted by atomic mass is 10.2. The minimum atomic E-state index is 0.274. The molecule has 2 rings (SSSR count). The molecule has 1 atom stereocenters. The molecule has 1 aromatic rings. The van der Waals surface area contributed by atoms with Gasteiger partial charge in [0, 0.05) is 24.8 Å². The van der Waals surface area contributed by atoms with Crippen molar-refractivity contribution in [1.29, 1.82) is 0 Å². The summed E-state index contributed by atoms with van der Waals surface area (Å²) in [5.41, 5.74) is 1.21. The Kier molecular flexibility index (Phi) is 5.02. The minimum Gasteiger partial charge on any atom is -0.491 e. The van der Waals surface area contributed by atoms with E-state index in [4.69, 9.17) is 9.47 Å². The first kappa shape index (κ1) is 13.4. The maximum atomic E-state index is 5.89. The largest absolute Gasteiger partial charge is 0.491 e. The summed E-state index contributed by atoms with van der Waals surface area (Å²) in [4.78, 5) is 0. The molecule has 0 radical (unpaired) electrons. The molecule has 3 heteroatoms. The van der Waals surface area contributed by atoms with Crippen LogP contribution in [0.5, 0.6) is 5.75 Å². The third-order valence-electron chi connectivity index (χ3n) is 3.12. The van der Waals surface area contributed by atoms with E-state index in [-0.39, 0.29) is 6.10 Å². The Morgan fingerprint density at radius 2 is 2.22 bits per heavy atom. The fraction of sp³-hybridized carbons (Fsp3) is 0.600. The highest BCUT2D eigenvalue weighted by atomic mass is 16.5.